The monoisotopic (exact) mass is 376 g/mol. The molecule has 0 unspecified atom stereocenters. The first-order valence-corrected chi connectivity index (χ1v) is 10.2. The van der Waals surface area contributed by atoms with Gasteiger partial charge >= 0.3 is 0 Å². The fraction of sp³-hybridized carbons (Fsp3) is 0.333. The first-order chi connectivity index (χ1) is 12.2. The number of thiophene rings is 1. The van der Waals surface area contributed by atoms with Crippen molar-refractivity contribution in [2.45, 2.75) is 24.7 Å². The van der Waals surface area contributed by atoms with Gasteiger partial charge in [0, 0.05) is 23.3 Å². The molecule has 25 heavy (non-hydrogen) atoms. The Morgan fingerprint density at radius 3 is 2.96 bits per heavy atom. The molecule has 3 heterocycles. The van der Waals surface area contributed by atoms with Crippen LogP contribution in [0, 0.1) is 5.82 Å². The molecular formula is C18H17FN2O2S2. The first kappa shape index (κ1) is 16.8. The van der Waals surface area contributed by atoms with Crippen molar-refractivity contribution in [1.29, 1.82) is 0 Å². The lowest BCUT2D eigenvalue weighted by atomic mass is 10.1. The Hall–Kier alpha value is -1.70. The standard InChI is InChI=1S/C18H17FN2O2S2/c19-12-5-3-11(4-6-12)14-9-25-18-16(14)17(22)20-15(21-18)10-24-8-13-2-1-7-23-13/h3-6,9,13H,1-2,7-8,10H2,(H,20,21,22)/t13-/m0/s1. The number of benzene rings is 1. The van der Waals surface area contributed by atoms with Crippen LogP contribution in [0.4, 0.5) is 4.39 Å². The molecule has 1 aromatic carbocycles. The molecular weight excluding hydrogens is 359 g/mol. The van der Waals surface area contributed by atoms with Gasteiger partial charge in [-0.2, -0.15) is 11.8 Å². The van der Waals surface area contributed by atoms with E-state index in [1.807, 2.05) is 5.38 Å². The van der Waals surface area contributed by atoms with Gasteiger partial charge in [0.2, 0.25) is 0 Å². The molecule has 0 amide bonds. The van der Waals surface area contributed by atoms with Gasteiger partial charge in [0.05, 0.1) is 17.2 Å². The second-order valence-electron chi connectivity index (χ2n) is 6.00. The maximum atomic E-state index is 13.1. The van der Waals surface area contributed by atoms with Gasteiger partial charge in [-0.25, -0.2) is 9.37 Å². The van der Waals surface area contributed by atoms with Gasteiger partial charge in [-0.15, -0.1) is 11.3 Å². The van der Waals surface area contributed by atoms with E-state index in [9.17, 15) is 9.18 Å². The molecule has 1 aliphatic heterocycles. The molecule has 1 saturated heterocycles. The highest BCUT2D eigenvalue weighted by Gasteiger charge is 2.16. The highest BCUT2D eigenvalue weighted by molar-refractivity contribution is 7.98. The molecule has 2 aromatic heterocycles. The minimum Gasteiger partial charge on any atom is -0.377 e. The van der Waals surface area contributed by atoms with E-state index in [0.29, 0.717) is 23.1 Å². The zero-order valence-corrected chi connectivity index (χ0v) is 15.1. The molecule has 1 atom stereocenters. The Morgan fingerprint density at radius 1 is 1.36 bits per heavy atom. The molecule has 4 nitrogen and oxygen atoms in total. The maximum absolute atomic E-state index is 13.1. The summed E-state index contributed by atoms with van der Waals surface area (Å²) in [5.74, 6) is 1.98. The molecule has 1 aliphatic rings. The lowest BCUT2D eigenvalue weighted by Crippen LogP contribution is -2.12. The minimum absolute atomic E-state index is 0.140. The van der Waals surface area contributed by atoms with Gasteiger partial charge in [-0.1, -0.05) is 12.1 Å². The smallest absolute Gasteiger partial charge is 0.260 e. The van der Waals surface area contributed by atoms with Crippen LogP contribution in [0.2, 0.25) is 0 Å². The molecule has 0 radical (unpaired) electrons. The number of rotatable bonds is 5. The van der Waals surface area contributed by atoms with Gasteiger partial charge in [-0.3, -0.25) is 4.79 Å². The Labute approximate surface area is 152 Å². The third-order valence-corrected chi connectivity index (χ3v) is 6.17. The van der Waals surface area contributed by atoms with Gasteiger partial charge in [-0.05, 0) is 30.5 Å². The summed E-state index contributed by atoms with van der Waals surface area (Å²) in [6.07, 6.45) is 2.57. The highest BCUT2D eigenvalue weighted by Crippen LogP contribution is 2.31. The molecule has 1 N–H and O–H groups in total. The molecule has 0 spiro atoms. The van der Waals surface area contributed by atoms with Crippen LogP contribution in [-0.2, 0) is 10.5 Å². The minimum atomic E-state index is -0.291. The van der Waals surface area contributed by atoms with Crippen molar-refractivity contribution < 1.29 is 9.13 Å². The van der Waals surface area contributed by atoms with Crippen molar-refractivity contribution in [2.24, 2.45) is 0 Å². The zero-order chi connectivity index (χ0) is 17.2. The van der Waals surface area contributed by atoms with Crippen LogP contribution in [-0.4, -0.2) is 28.4 Å². The van der Waals surface area contributed by atoms with Crippen LogP contribution >= 0.6 is 23.1 Å². The number of thioether (sulfide) groups is 1. The van der Waals surface area contributed by atoms with Gasteiger partial charge < -0.3 is 9.72 Å². The number of hydrogen-bond donors (Lipinski definition) is 1. The normalized spacial score (nSPS) is 17.4. The summed E-state index contributed by atoms with van der Waals surface area (Å²) >= 11 is 3.17. The van der Waals surface area contributed by atoms with Crippen molar-refractivity contribution in [1.82, 2.24) is 9.97 Å². The van der Waals surface area contributed by atoms with E-state index in [2.05, 4.69) is 9.97 Å². The summed E-state index contributed by atoms with van der Waals surface area (Å²) in [7, 11) is 0. The van der Waals surface area contributed by atoms with Crippen LogP contribution in [0.5, 0.6) is 0 Å². The predicted octanol–water partition coefficient (Wildman–Crippen LogP) is 4.20. The van der Waals surface area contributed by atoms with Gasteiger partial charge in [0.1, 0.15) is 16.5 Å². The van der Waals surface area contributed by atoms with E-state index in [1.165, 1.54) is 23.5 Å². The number of fused-ring (bicyclic) bond motifs is 1. The third kappa shape index (κ3) is 3.63. The number of hydrogen-bond acceptors (Lipinski definition) is 5. The highest BCUT2D eigenvalue weighted by atomic mass is 32.2. The van der Waals surface area contributed by atoms with Crippen molar-refractivity contribution in [3.05, 3.63) is 51.6 Å². The number of nitrogens with one attached hydrogen (secondary N) is 1. The molecule has 1 fully saturated rings. The number of H-pyrrole nitrogens is 1. The fourth-order valence-corrected chi connectivity index (χ4v) is 4.91. The summed E-state index contributed by atoms with van der Waals surface area (Å²) in [6.45, 7) is 0.855. The molecule has 0 saturated carbocycles. The summed E-state index contributed by atoms with van der Waals surface area (Å²) in [6, 6.07) is 6.16. The molecule has 7 heteroatoms. The first-order valence-electron chi connectivity index (χ1n) is 8.16. The van der Waals surface area contributed by atoms with Crippen LogP contribution in [0.15, 0.2) is 34.4 Å². The molecule has 0 aliphatic carbocycles. The quantitative estimate of drug-likeness (QED) is 0.725. The largest absolute Gasteiger partial charge is 0.377 e. The van der Waals surface area contributed by atoms with Crippen LogP contribution in [0.25, 0.3) is 21.3 Å². The molecule has 4 rings (SSSR count). The molecule has 0 bridgehead atoms. The van der Waals surface area contributed by atoms with E-state index in [1.54, 1.807) is 23.9 Å². The van der Waals surface area contributed by atoms with Gasteiger partial charge in [0.25, 0.3) is 5.56 Å². The SMILES string of the molecule is O=c1[nH]c(CSC[C@@H]2CCCO2)nc2scc(-c3ccc(F)cc3)c12. The second-order valence-corrected chi connectivity index (χ2v) is 7.89. The van der Waals surface area contributed by atoms with E-state index in [4.69, 9.17) is 4.74 Å². The third-order valence-electron chi connectivity index (χ3n) is 4.21. The average molecular weight is 376 g/mol. The van der Waals surface area contributed by atoms with Crippen molar-refractivity contribution in [2.75, 3.05) is 12.4 Å². The number of aromatic amines is 1. The van der Waals surface area contributed by atoms with E-state index in [0.717, 1.165) is 41.2 Å². The van der Waals surface area contributed by atoms with Crippen molar-refractivity contribution in [3.63, 3.8) is 0 Å². The fourth-order valence-electron chi connectivity index (χ4n) is 2.97. The summed E-state index contributed by atoms with van der Waals surface area (Å²) in [5.41, 5.74) is 1.48. The number of ether oxygens (including phenoxy) is 1. The summed E-state index contributed by atoms with van der Waals surface area (Å²) in [4.78, 5) is 20.7. The van der Waals surface area contributed by atoms with Crippen LogP contribution in [0.1, 0.15) is 18.7 Å². The number of nitrogens with zero attached hydrogens (tertiary/aromatic N) is 1. The van der Waals surface area contributed by atoms with Crippen molar-refractivity contribution in [3.8, 4) is 11.1 Å². The summed E-state index contributed by atoms with van der Waals surface area (Å²) < 4.78 is 18.7. The Balaban J connectivity index is 1.56. The van der Waals surface area contributed by atoms with Crippen LogP contribution in [0.3, 0.4) is 0 Å². The Morgan fingerprint density at radius 2 is 2.20 bits per heavy atom. The molecule has 3 aromatic rings. The zero-order valence-electron chi connectivity index (χ0n) is 13.5. The van der Waals surface area contributed by atoms with Gasteiger partial charge in [0.15, 0.2) is 0 Å². The molecule has 130 valence electrons. The van der Waals surface area contributed by atoms with E-state index < -0.39 is 0 Å². The lowest BCUT2D eigenvalue weighted by molar-refractivity contribution is 0.129. The Bertz CT molecular complexity index is 930. The maximum Gasteiger partial charge on any atom is 0.260 e. The predicted molar refractivity (Wildman–Crippen MR) is 101 cm³/mol. The average Bonchev–Trinajstić information content (AvgIpc) is 3.25. The van der Waals surface area contributed by atoms with Crippen molar-refractivity contribution >= 4 is 33.3 Å². The van der Waals surface area contributed by atoms with E-state index >= 15 is 0 Å². The number of halogens is 1. The topological polar surface area (TPSA) is 55.0 Å². The summed E-state index contributed by atoms with van der Waals surface area (Å²) in [5, 5.41) is 2.48. The van der Waals surface area contributed by atoms with Crippen LogP contribution < -0.4 is 5.56 Å². The lowest BCUT2D eigenvalue weighted by Gasteiger charge is -2.08. The number of aromatic nitrogens is 2. The Kier molecular flexibility index (Phi) is 4.87. The van der Waals surface area contributed by atoms with E-state index in [-0.39, 0.29) is 11.4 Å². The second kappa shape index (κ2) is 7.27.